The van der Waals surface area contributed by atoms with E-state index in [4.69, 9.17) is 4.74 Å². The normalized spacial score (nSPS) is 19.6. The third-order valence-corrected chi connectivity index (χ3v) is 6.26. The van der Waals surface area contributed by atoms with Crippen LogP contribution < -0.4 is 5.56 Å². The molecule has 0 N–H and O–H groups in total. The molecule has 0 bridgehead atoms. The van der Waals surface area contributed by atoms with E-state index in [0.717, 1.165) is 30.8 Å². The van der Waals surface area contributed by atoms with Crippen LogP contribution in [0.25, 0.3) is 0 Å². The molecule has 1 aromatic heterocycles. The molecule has 4 rings (SSSR count). The minimum atomic E-state index is -0.309. The molecule has 1 fully saturated rings. The summed E-state index contributed by atoms with van der Waals surface area (Å²) in [4.78, 5) is 30.5. The van der Waals surface area contributed by atoms with Gasteiger partial charge in [0.2, 0.25) is 0 Å². The molecule has 1 saturated heterocycles. The maximum Gasteiger partial charge on any atom is 0.263 e. The number of fused-ring (bicyclic) bond motifs is 1. The van der Waals surface area contributed by atoms with Crippen molar-refractivity contribution in [2.75, 3.05) is 39.4 Å². The Bertz CT molecular complexity index is 998. The number of ether oxygens (including phenoxy) is 1. The number of nitrogens with zero attached hydrogens (tertiary/aromatic N) is 3. The zero-order valence-electron chi connectivity index (χ0n) is 17.6. The summed E-state index contributed by atoms with van der Waals surface area (Å²) in [5.41, 5.74) is 2.50. The van der Waals surface area contributed by atoms with Crippen molar-refractivity contribution in [2.45, 2.75) is 32.9 Å². The number of halogens is 1. The van der Waals surface area contributed by atoms with Crippen molar-refractivity contribution in [3.63, 3.8) is 0 Å². The van der Waals surface area contributed by atoms with Gasteiger partial charge in [-0.05, 0) is 55.2 Å². The average molecular weight is 413 g/mol. The number of morpholine rings is 1. The molecule has 0 spiro atoms. The summed E-state index contributed by atoms with van der Waals surface area (Å²) in [7, 11) is 0. The maximum atomic E-state index is 13.8. The predicted octanol–water partition coefficient (Wildman–Crippen LogP) is 2.39. The second kappa shape index (κ2) is 8.70. The standard InChI is InChI=1S/C23H28FN3O3/c1-16-5-7-26(10-9-25-11-13-30-14-12-25)22(28)21(16)23(29)27-8-6-18-3-4-19(24)15-20(18)17(27)2/h3-5,7,15,17H,6,8-14H2,1-2H3. The second-order valence-corrected chi connectivity index (χ2v) is 8.09. The molecule has 160 valence electrons. The lowest BCUT2D eigenvalue weighted by atomic mass is 9.92. The topological polar surface area (TPSA) is 54.8 Å². The predicted molar refractivity (Wildman–Crippen MR) is 112 cm³/mol. The van der Waals surface area contributed by atoms with Crippen LogP contribution in [-0.4, -0.2) is 59.7 Å². The van der Waals surface area contributed by atoms with Crippen LogP contribution in [0.2, 0.25) is 0 Å². The van der Waals surface area contributed by atoms with Crippen LogP contribution in [0, 0.1) is 12.7 Å². The Kier molecular flexibility index (Phi) is 6.01. The highest BCUT2D eigenvalue weighted by Crippen LogP contribution is 2.31. The number of hydrogen-bond donors (Lipinski definition) is 0. The third-order valence-electron chi connectivity index (χ3n) is 6.26. The van der Waals surface area contributed by atoms with Crippen LogP contribution in [0.5, 0.6) is 0 Å². The van der Waals surface area contributed by atoms with Crippen molar-refractivity contribution < 1.29 is 13.9 Å². The number of hydrogen-bond acceptors (Lipinski definition) is 4. The van der Waals surface area contributed by atoms with Crippen LogP contribution in [0.1, 0.15) is 40.0 Å². The molecule has 0 radical (unpaired) electrons. The van der Waals surface area contributed by atoms with Gasteiger partial charge < -0.3 is 14.2 Å². The third kappa shape index (κ3) is 4.04. The molecule has 2 aromatic rings. The summed E-state index contributed by atoms with van der Waals surface area (Å²) in [5, 5.41) is 0. The molecular weight excluding hydrogens is 385 g/mol. The fourth-order valence-corrected chi connectivity index (χ4v) is 4.38. The summed E-state index contributed by atoms with van der Waals surface area (Å²) in [5.74, 6) is -0.586. The summed E-state index contributed by atoms with van der Waals surface area (Å²) in [6.45, 7) is 8.61. The maximum absolute atomic E-state index is 13.8. The minimum Gasteiger partial charge on any atom is -0.379 e. The van der Waals surface area contributed by atoms with Gasteiger partial charge >= 0.3 is 0 Å². The molecule has 1 amide bonds. The molecule has 2 aliphatic heterocycles. The number of carbonyl (C=O) groups excluding carboxylic acids is 1. The molecule has 2 aliphatic rings. The lowest BCUT2D eigenvalue weighted by molar-refractivity contribution is 0.0362. The van der Waals surface area contributed by atoms with Gasteiger partial charge in [0, 0.05) is 38.9 Å². The minimum absolute atomic E-state index is 0.214. The average Bonchev–Trinajstić information content (AvgIpc) is 2.74. The van der Waals surface area contributed by atoms with Crippen molar-refractivity contribution in [1.29, 1.82) is 0 Å². The number of benzene rings is 1. The Morgan fingerprint density at radius 3 is 2.70 bits per heavy atom. The van der Waals surface area contributed by atoms with Crippen LogP contribution in [0.4, 0.5) is 4.39 Å². The van der Waals surface area contributed by atoms with E-state index in [2.05, 4.69) is 4.90 Å². The first kappa shape index (κ1) is 20.8. The number of rotatable bonds is 4. The highest BCUT2D eigenvalue weighted by molar-refractivity contribution is 5.95. The van der Waals surface area contributed by atoms with Gasteiger partial charge in [-0.3, -0.25) is 14.5 Å². The SMILES string of the molecule is Cc1ccn(CCN2CCOCC2)c(=O)c1C(=O)N1CCc2ccc(F)cc2C1C. The van der Waals surface area contributed by atoms with E-state index < -0.39 is 0 Å². The van der Waals surface area contributed by atoms with Crippen molar-refractivity contribution in [3.8, 4) is 0 Å². The van der Waals surface area contributed by atoms with E-state index in [0.29, 0.717) is 38.3 Å². The molecule has 7 heteroatoms. The van der Waals surface area contributed by atoms with Gasteiger partial charge in [-0.1, -0.05) is 6.07 Å². The number of pyridine rings is 1. The smallest absolute Gasteiger partial charge is 0.263 e. The molecule has 1 unspecified atom stereocenters. The Hall–Kier alpha value is -2.51. The van der Waals surface area contributed by atoms with Crippen molar-refractivity contribution in [2.24, 2.45) is 0 Å². The first-order chi connectivity index (χ1) is 14.5. The van der Waals surface area contributed by atoms with Crippen molar-refractivity contribution in [1.82, 2.24) is 14.4 Å². The Morgan fingerprint density at radius 1 is 1.17 bits per heavy atom. The Morgan fingerprint density at radius 2 is 1.93 bits per heavy atom. The number of carbonyl (C=O) groups is 1. The van der Waals surface area contributed by atoms with Gasteiger partial charge in [0.15, 0.2) is 0 Å². The van der Waals surface area contributed by atoms with Gasteiger partial charge in [-0.25, -0.2) is 4.39 Å². The van der Waals surface area contributed by atoms with E-state index in [1.807, 2.05) is 13.0 Å². The molecule has 30 heavy (non-hydrogen) atoms. The lowest BCUT2D eigenvalue weighted by Gasteiger charge is -2.35. The van der Waals surface area contributed by atoms with E-state index in [1.165, 1.54) is 12.1 Å². The van der Waals surface area contributed by atoms with E-state index in [1.54, 1.807) is 28.7 Å². The number of amides is 1. The summed E-state index contributed by atoms with van der Waals surface area (Å²) in [6.07, 6.45) is 2.42. The monoisotopic (exact) mass is 413 g/mol. The van der Waals surface area contributed by atoms with Gasteiger partial charge in [0.05, 0.1) is 19.3 Å². The fourth-order valence-electron chi connectivity index (χ4n) is 4.38. The van der Waals surface area contributed by atoms with Gasteiger partial charge in [0.25, 0.3) is 11.5 Å². The highest BCUT2D eigenvalue weighted by Gasteiger charge is 2.31. The van der Waals surface area contributed by atoms with E-state index >= 15 is 0 Å². The molecule has 6 nitrogen and oxygen atoms in total. The number of aryl methyl sites for hydroxylation is 1. The van der Waals surface area contributed by atoms with Gasteiger partial charge in [-0.15, -0.1) is 0 Å². The van der Waals surface area contributed by atoms with E-state index in [9.17, 15) is 14.0 Å². The zero-order chi connectivity index (χ0) is 21.3. The van der Waals surface area contributed by atoms with Crippen LogP contribution in [0.15, 0.2) is 35.3 Å². The molecular formula is C23H28FN3O3. The molecule has 0 aliphatic carbocycles. The summed E-state index contributed by atoms with van der Waals surface area (Å²) < 4.78 is 20.8. The van der Waals surface area contributed by atoms with E-state index in [-0.39, 0.29) is 28.9 Å². The number of aromatic nitrogens is 1. The second-order valence-electron chi connectivity index (χ2n) is 8.09. The molecule has 1 atom stereocenters. The van der Waals surface area contributed by atoms with Crippen molar-refractivity contribution >= 4 is 5.91 Å². The van der Waals surface area contributed by atoms with Crippen LogP contribution >= 0.6 is 0 Å². The molecule has 1 aromatic carbocycles. The Labute approximate surface area is 175 Å². The first-order valence-corrected chi connectivity index (χ1v) is 10.5. The van der Waals surface area contributed by atoms with Gasteiger partial charge in [-0.2, -0.15) is 0 Å². The summed E-state index contributed by atoms with van der Waals surface area (Å²) in [6, 6.07) is 6.29. The largest absolute Gasteiger partial charge is 0.379 e. The van der Waals surface area contributed by atoms with Crippen molar-refractivity contribution in [3.05, 3.63) is 68.9 Å². The summed E-state index contributed by atoms with van der Waals surface area (Å²) >= 11 is 0. The molecule has 3 heterocycles. The Balaban J connectivity index is 1.57. The quantitative estimate of drug-likeness (QED) is 0.773. The lowest BCUT2D eigenvalue weighted by Crippen LogP contribution is -2.43. The molecule has 0 saturated carbocycles. The fraction of sp³-hybridized carbons (Fsp3) is 0.478. The highest BCUT2D eigenvalue weighted by atomic mass is 19.1. The first-order valence-electron chi connectivity index (χ1n) is 10.5. The van der Waals surface area contributed by atoms with Gasteiger partial charge in [0.1, 0.15) is 11.4 Å². The zero-order valence-corrected chi connectivity index (χ0v) is 17.6. The van der Waals surface area contributed by atoms with Crippen LogP contribution in [-0.2, 0) is 17.7 Å². The van der Waals surface area contributed by atoms with Crippen LogP contribution in [0.3, 0.4) is 0 Å².